The Bertz CT molecular complexity index is 1020. The molecule has 1 unspecified atom stereocenters. The summed E-state index contributed by atoms with van der Waals surface area (Å²) in [5.74, 6) is -4.12. The van der Waals surface area contributed by atoms with Crippen LogP contribution in [0.25, 0.3) is 10.8 Å². The quantitative estimate of drug-likeness (QED) is 0.591. The van der Waals surface area contributed by atoms with Crippen LogP contribution in [0.15, 0.2) is 60.7 Å². The van der Waals surface area contributed by atoms with Crippen LogP contribution >= 0.6 is 0 Å². The number of benzene rings is 3. The summed E-state index contributed by atoms with van der Waals surface area (Å²) in [7, 11) is 0. The molecule has 0 saturated carbocycles. The van der Waals surface area contributed by atoms with Gasteiger partial charge >= 0.3 is 11.8 Å². The number of aliphatic hydroxyl groups excluding tert-OH is 1. The molecule has 0 spiro atoms. The molecule has 0 heterocycles. The second-order valence-electron chi connectivity index (χ2n) is 6.21. The van der Waals surface area contributed by atoms with E-state index in [-0.39, 0.29) is 18.7 Å². The Morgan fingerprint density at radius 2 is 1.68 bits per heavy atom. The zero-order valence-electron chi connectivity index (χ0n) is 14.8. The van der Waals surface area contributed by atoms with Crippen molar-refractivity contribution in [2.75, 3.05) is 11.9 Å². The number of anilines is 1. The maximum Gasteiger partial charge on any atom is 0.313 e. The molecule has 3 aromatic carbocycles. The van der Waals surface area contributed by atoms with Crippen molar-refractivity contribution in [2.45, 2.75) is 12.5 Å². The summed E-state index contributed by atoms with van der Waals surface area (Å²) in [5, 5.41) is 16.9. The SMILES string of the molecule is O=C(NCCC(O)c1cccc2ccccc12)C(=O)Nc1ccc(F)c(F)c1. The third-order valence-corrected chi connectivity index (χ3v) is 4.27. The van der Waals surface area contributed by atoms with Crippen molar-refractivity contribution in [3.05, 3.63) is 77.9 Å². The lowest BCUT2D eigenvalue weighted by Crippen LogP contribution is -2.36. The molecule has 5 nitrogen and oxygen atoms in total. The number of amides is 2. The predicted octanol–water partition coefficient (Wildman–Crippen LogP) is 3.30. The molecule has 0 aliphatic rings. The number of fused-ring (bicyclic) bond motifs is 1. The van der Waals surface area contributed by atoms with Crippen LogP contribution in [-0.4, -0.2) is 23.5 Å². The van der Waals surface area contributed by atoms with Gasteiger partial charge in [-0.1, -0.05) is 42.5 Å². The van der Waals surface area contributed by atoms with Crippen LogP contribution in [-0.2, 0) is 9.59 Å². The fraction of sp³-hybridized carbons (Fsp3) is 0.143. The smallest absolute Gasteiger partial charge is 0.313 e. The van der Waals surface area contributed by atoms with Gasteiger partial charge in [-0.05, 0) is 34.9 Å². The van der Waals surface area contributed by atoms with Crippen LogP contribution in [0.3, 0.4) is 0 Å². The van der Waals surface area contributed by atoms with Crippen molar-refractivity contribution < 1.29 is 23.5 Å². The van der Waals surface area contributed by atoms with Crippen LogP contribution in [0.2, 0.25) is 0 Å². The average molecular weight is 384 g/mol. The van der Waals surface area contributed by atoms with Gasteiger partial charge < -0.3 is 15.7 Å². The Hall–Kier alpha value is -3.32. The molecule has 1 atom stereocenters. The zero-order valence-corrected chi connectivity index (χ0v) is 14.8. The van der Waals surface area contributed by atoms with Crippen LogP contribution in [0.1, 0.15) is 18.1 Å². The number of rotatable bonds is 5. The Kier molecular flexibility index (Phi) is 5.96. The molecule has 0 fully saturated rings. The van der Waals surface area contributed by atoms with Gasteiger partial charge in [0.1, 0.15) is 0 Å². The standard InChI is InChI=1S/C21H18F2N2O3/c22-17-9-8-14(12-18(17)23)25-21(28)20(27)24-11-10-19(26)16-7-3-5-13-4-1-2-6-15(13)16/h1-9,12,19,26H,10-11H2,(H,24,27)(H,25,28). The third-order valence-electron chi connectivity index (χ3n) is 4.27. The third kappa shape index (κ3) is 4.50. The van der Waals surface area contributed by atoms with Gasteiger partial charge in [0.25, 0.3) is 0 Å². The summed E-state index contributed by atoms with van der Waals surface area (Å²) in [6, 6.07) is 16.0. The molecule has 0 aromatic heterocycles. The average Bonchev–Trinajstić information content (AvgIpc) is 2.70. The first kappa shape index (κ1) is 19.4. The van der Waals surface area contributed by atoms with Crippen LogP contribution in [0.4, 0.5) is 14.5 Å². The van der Waals surface area contributed by atoms with E-state index in [9.17, 15) is 23.5 Å². The summed E-state index contributed by atoms with van der Waals surface area (Å²) in [5.41, 5.74) is 0.702. The van der Waals surface area contributed by atoms with Crippen LogP contribution < -0.4 is 10.6 Å². The monoisotopic (exact) mass is 384 g/mol. The largest absolute Gasteiger partial charge is 0.388 e. The second kappa shape index (κ2) is 8.58. The molecule has 3 N–H and O–H groups in total. The van der Waals surface area contributed by atoms with Crippen molar-refractivity contribution in [2.24, 2.45) is 0 Å². The first-order valence-electron chi connectivity index (χ1n) is 8.65. The highest BCUT2D eigenvalue weighted by molar-refractivity contribution is 6.39. The topological polar surface area (TPSA) is 78.4 Å². The van der Waals surface area contributed by atoms with E-state index in [0.29, 0.717) is 0 Å². The molecule has 0 radical (unpaired) electrons. The van der Waals surface area contributed by atoms with E-state index in [4.69, 9.17) is 0 Å². The molecular weight excluding hydrogens is 366 g/mol. The van der Waals surface area contributed by atoms with E-state index in [0.717, 1.165) is 34.5 Å². The molecule has 3 aromatic rings. The van der Waals surface area contributed by atoms with Gasteiger partial charge in [0.05, 0.1) is 6.10 Å². The molecule has 0 aliphatic carbocycles. The highest BCUT2D eigenvalue weighted by atomic mass is 19.2. The minimum atomic E-state index is -1.13. The number of halogens is 2. The summed E-state index contributed by atoms with van der Waals surface area (Å²) >= 11 is 0. The first-order chi connectivity index (χ1) is 13.5. The van der Waals surface area contributed by atoms with Gasteiger partial charge in [0.2, 0.25) is 0 Å². The molecule has 0 bridgehead atoms. The number of carbonyl (C=O) groups excluding carboxylic acids is 2. The fourth-order valence-corrected chi connectivity index (χ4v) is 2.86. The minimum absolute atomic E-state index is 0.0326. The van der Waals surface area contributed by atoms with Gasteiger partial charge in [-0.15, -0.1) is 0 Å². The van der Waals surface area contributed by atoms with Gasteiger partial charge in [-0.2, -0.15) is 0 Å². The number of hydrogen-bond donors (Lipinski definition) is 3. The molecule has 0 saturated heterocycles. The van der Waals surface area contributed by atoms with Crippen molar-refractivity contribution in [3.63, 3.8) is 0 Å². The summed E-state index contributed by atoms with van der Waals surface area (Å²) < 4.78 is 26.0. The number of nitrogens with one attached hydrogen (secondary N) is 2. The first-order valence-corrected chi connectivity index (χ1v) is 8.65. The molecule has 3 rings (SSSR count). The molecule has 2 amide bonds. The second-order valence-corrected chi connectivity index (χ2v) is 6.21. The molecule has 0 aliphatic heterocycles. The van der Waals surface area contributed by atoms with Crippen LogP contribution in [0, 0.1) is 11.6 Å². The van der Waals surface area contributed by atoms with Gasteiger partial charge in [-0.3, -0.25) is 9.59 Å². The lowest BCUT2D eigenvalue weighted by atomic mass is 9.99. The number of carbonyl (C=O) groups is 2. The molecular formula is C21H18F2N2O3. The summed E-state index contributed by atoms with van der Waals surface area (Å²) in [6.45, 7) is 0.0639. The zero-order chi connectivity index (χ0) is 20.1. The predicted molar refractivity (Wildman–Crippen MR) is 102 cm³/mol. The lowest BCUT2D eigenvalue weighted by Gasteiger charge is -2.14. The van der Waals surface area contributed by atoms with Gasteiger partial charge in [0.15, 0.2) is 11.6 Å². The van der Waals surface area contributed by atoms with Crippen molar-refractivity contribution in [3.8, 4) is 0 Å². The number of hydrogen-bond acceptors (Lipinski definition) is 3. The highest BCUT2D eigenvalue weighted by Crippen LogP contribution is 2.25. The Balaban J connectivity index is 1.54. The Morgan fingerprint density at radius 3 is 2.46 bits per heavy atom. The Labute approximate surface area is 160 Å². The summed E-state index contributed by atoms with van der Waals surface area (Å²) in [6.07, 6.45) is -0.612. The van der Waals surface area contributed by atoms with Crippen LogP contribution in [0.5, 0.6) is 0 Å². The van der Waals surface area contributed by atoms with E-state index in [1.807, 2.05) is 42.5 Å². The van der Waals surface area contributed by atoms with E-state index >= 15 is 0 Å². The highest BCUT2D eigenvalue weighted by Gasteiger charge is 2.16. The van der Waals surface area contributed by atoms with Gasteiger partial charge in [-0.25, -0.2) is 8.78 Å². The summed E-state index contributed by atoms with van der Waals surface area (Å²) in [4.78, 5) is 23.7. The fourth-order valence-electron chi connectivity index (χ4n) is 2.86. The van der Waals surface area contributed by atoms with Gasteiger partial charge in [0, 0.05) is 18.3 Å². The minimum Gasteiger partial charge on any atom is -0.388 e. The Morgan fingerprint density at radius 1 is 0.929 bits per heavy atom. The van der Waals surface area contributed by atoms with E-state index < -0.39 is 29.6 Å². The molecule has 144 valence electrons. The van der Waals surface area contributed by atoms with E-state index in [2.05, 4.69) is 10.6 Å². The van der Waals surface area contributed by atoms with Crippen molar-refractivity contribution >= 4 is 28.3 Å². The maximum absolute atomic E-state index is 13.1. The van der Waals surface area contributed by atoms with Crippen molar-refractivity contribution in [1.82, 2.24) is 5.32 Å². The normalized spacial score (nSPS) is 11.8. The lowest BCUT2D eigenvalue weighted by molar-refractivity contribution is -0.136. The number of aliphatic hydroxyl groups is 1. The van der Waals surface area contributed by atoms with Crippen molar-refractivity contribution in [1.29, 1.82) is 0 Å². The maximum atomic E-state index is 13.1. The molecule has 7 heteroatoms. The van der Waals surface area contributed by atoms with E-state index in [1.54, 1.807) is 0 Å². The van der Waals surface area contributed by atoms with E-state index in [1.165, 1.54) is 0 Å². The molecule has 28 heavy (non-hydrogen) atoms.